The van der Waals surface area contributed by atoms with Crippen molar-refractivity contribution >= 4 is 17.7 Å². The van der Waals surface area contributed by atoms with Crippen molar-refractivity contribution < 1.29 is 0 Å². The molecule has 17 heavy (non-hydrogen) atoms. The summed E-state index contributed by atoms with van der Waals surface area (Å²) in [4.78, 5) is 11.2. The second-order valence-corrected chi connectivity index (χ2v) is 5.35. The van der Waals surface area contributed by atoms with Crippen LogP contribution in [0.25, 0.3) is 0 Å². The highest BCUT2D eigenvalue weighted by molar-refractivity contribution is 7.99. The van der Waals surface area contributed by atoms with Crippen molar-refractivity contribution in [3.05, 3.63) is 18.0 Å². The minimum Gasteiger partial charge on any atom is -0.340 e. The van der Waals surface area contributed by atoms with E-state index in [1.54, 1.807) is 0 Å². The second-order valence-electron chi connectivity index (χ2n) is 4.12. The Hall–Kier alpha value is -0.810. The molecule has 0 bridgehead atoms. The topological polar surface area (TPSA) is 41.1 Å². The van der Waals surface area contributed by atoms with E-state index in [2.05, 4.69) is 27.1 Å². The van der Waals surface area contributed by atoms with Gasteiger partial charge in [-0.2, -0.15) is 11.8 Å². The third-order valence-electron chi connectivity index (χ3n) is 2.78. The monoisotopic (exact) mass is 252 g/mol. The zero-order valence-corrected chi connectivity index (χ0v) is 11.2. The molecule has 1 aromatic heterocycles. The van der Waals surface area contributed by atoms with Gasteiger partial charge in [0.25, 0.3) is 0 Å². The molecule has 2 rings (SSSR count). The van der Waals surface area contributed by atoms with Crippen LogP contribution in [0.3, 0.4) is 0 Å². The maximum Gasteiger partial charge on any atom is 0.225 e. The molecule has 1 aromatic rings. The van der Waals surface area contributed by atoms with Crippen LogP contribution < -0.4 is 10.2 Å². The minimum absolute atomic E-state index is 0.854. The number of thioether (sulfide) groups is 1. The molecule has 0 aliphatic carbocycles. The molecule has 4 nitrogen and oxygen atoms in total. The van der Waals surface area contributed by atoms with Gasteiger partial charge in [0.2, 0.25) is 5.95 Å². The number of hydrogen-bond acceptors (Lipinski definition) is 5. The normalized spacial score (nSPS) is 16.9. The van der Waals surface area contributed by atoms with Crippen molar-refractivity contribution in [2.24, 2.45) is 0 Å². The Morgan fingerprint density at radius 3 is 2.88 bits per heavy atom. The quantitative estimate of drug-likeness (QED) is 0.880. The highest BCUT2D eigenvalue weighted by Gasteiger charge is 2.11. The SMILES string of the molecule is CCNCc1cnc(N2CCCSCC2)nc1. The predicted octanol–water partition coefficient (Wildman–Crippen LogP) is 1.53. The lowest BCUT2D eigenvalue weighted by Crippen LogP contribution is -2.27. The van der Waals surface area contributed by atoms with Gasteiger partial charge in [-0.25, -0.2) is 9.97 Å². The van der Waals surface area contributed by atoms with E-state index in [4.69, 9.17) is 0 Å². The van der Waals surface area contributed by atoms with E-state index in [1.165, 1.54) is 17.9 Å². The summed E-state index contributed by atoms with van der Waals surface area (Å²) in [5.74, 6) is 3.32. The molecule has 1 saturated heterocycles. The molecule has 0 unspecified atom stereocenters. The van der Waals surface area contributed by atoms with Crippen LogP contribution in [0.4, 0.5) is 5.95 Å². The predicted molar refractivity (Wildman–Crippen MR) is 73.6 cm³/mol. The van der Waals surface area contributed by atoms with Crippen LogP contribution >= 0.6 is 11.8 Å². The molecule has 0 radical (unpaired) electrons. The maximum absolute atomic E-state index is 4.46. The lowest BCUT2D eigenvalue weighted by molar-refractivity contribution is 0.717. The summed E-state index contributed by atoms with van der Waals surface area (Å²) in [6.45, 7) is 6.08. The Bertz CT molecular complexity index is 320. The molecule has 0 aromatic carbocycles. The first kappa shape index (κ1) is 12.6. The Morgan fingerprint density at radius 1 is 1.29 bits per heavy atom. The minimum atomic E-state index is 0.854. The molecular weight excluding hydrogens is 232 g/mol. The van der Waals surface area contributed by atoms with Gasteiger partial charge in [0.05, 0.1) is 0 Å². The first-order valence-corrected chi connectivity index (χ1v) is 7.40. The third-order valence-corrected chi connectivity index (χ3v) is 3.82. The zero-order chi connectivity index (χ0) is 11.9. The fourth-order valence-electron chi connectivity index (χ4n) is 1.82. The van der Waals surface area contributed by atoms with Crippen LogP contribution in [0.5, 0.6) is 0 Å². The van der Waals surface area contributed by atoms with Crippen LogP contribution in [0.1, 0.15) is 18.9 Å². The molecule has 2 heterocycles. The van der Waals surface area contributed by atoms with E-state index in [0.717, 1.165) is 37.7 Å². The molecule has 0 saturated carbocycles. The molecule has 94 valence electrons. The van der Waals surface area contributed by atoms with Crippen molar-refractivity contribution in [2.75, 3.05) is 36.0 Å². The lowest BCUT2D eigenvalue weighted by Gasteiger charge is -2.19. The largest absolute Gasteiger partial charge is 0.340 e. The van der Waals surface area contributed by atoms with Gasteiger partial charge < -0.3 is 10.2 Å². The number of nitrogens with zero attached hydrogens (tertiary/aromatic N) is 3. The van der Waals surface area contributed by atoms with Gasteiger partial charge in [-0.15, -0.1) is 0 Å². The first-order valence-electron chi connectivity index (χ1n) is 6.24. The molecule has 0 spiro atoms. The summed E-state index contributed by atoms with van der Waals surface area (Å²) in [5, 5.41) is 3.28. The number of nitrogens with one attached hydrogen (secondary N) is 1. The van der Waals surface area contributed by atoms with Crippen LogP contribution in [-0.4, -0.2) is 41.1 Å². The van der Waals surface area contributed by atoms with E-state index in [-0.39, 0.29) is 0 Å². The Balaban J connectivity index is 1.96. The summed E-state index contributed by atoms with van der Waals surface area (Å²) in [6, 6.07) is 0. The summed E-state index contributed by atoms with van der Waals surface area (Å²) in [5.41, 5.74) is 1.15. The van der Waals surface area contributed by atoms with Crippen LogP contribution in [0.2, 0.25) is 0 Å². The zero-order valence-electron chi connectivity index (χ0n) is 10.4. The molecule has 0 atom stereocenters. The number of anilines is 1. The molecule has 1 fully saturated rings. The fraction of sp³-hybridized carbons (Fsp3) is 0.667. The lowest BCUT2D eigenvalue weighted by atomic mass is 10.3. The van der Waals surface area contributed by atoms with Crippen molar-refractivity contribution in [3.8, 4) is 0 Å². The van der Waals surface area contributed by atoms with Crippen molar-refractivity contribution in [1.82, 2.24) is 15.3 Å². The van der Waals surface area contributed by atoms with Gasteiger partial charge in [-0.05, 0) is 18.7 Å². The van der Waals surface area contributed by atoms with E-state index in [0.29, 0.717) is 0 Å². The third kappa shape index (κ3) is 3.85. The second kappa shape index (κ2) is 6.81. The summed E-state index contributed by atoms with van der Waals surface area (Å²) in [7, 11) is 0. The fourth-order valence-corrected chi connectivity index (χ4v) is 2.70. The standard InChI is InChI=1S/C12H20N4S/c1-2-13-8-11-9-14-12(15-10-11)16-4-3-6-17-7-5-16/h9-10,13H,2-8H2,1H3. The molecule has 1 N–H and O–H groups in total. The molecule has 5 heteroatoms. The van der Waals surface area contributed by atoms with Gasteiger partial charge in [0, 0.05) is 43.3 Å². The molecular formula is C12H20N4S. The van der Waals surface area contributed by atoms with Crippen LogP contribution in [-0.2, 0) is 6.54 Å². The van der Waals surface area contributed by atoms with Crippen LogP contribution in [0, 0.1) is 0 Å². The molecule has 1 aliphatic heterocycles. The highest BCUT2D eigenvalue weighted by Crippen LogP contribution is 2.14. The average Bonchev–Trinajstić information content (AvgIpc) is 2.66. The van der Waals surface area contributed by atoms with Gasteiger partial charge >= 0.3 is 0 Å². The van der Waals surface area contributed by atoms with Gasteiger partial charge in [0.15, 0.2) is 0 Å². The van der Waals surface area contributed by atoms with Crippen molar-refractivity contribution in [3.63, 3.8) is 0 Å². The Labute approximate surface area is 107 Å². The maximum atomic E-state index is 4.46. The molecule has 1 aliphatic rings. The number of rotatable bonds is 4. The van der Waals surface area contributed by atoms with Crippen LogP contribution in [0.15, 0.2) is 12.4 Å². The van der Waals surface area contributed by atoms with Gasteiger partial charge in [0.1, 0.15) is 0 Å². The highest BCUT2D eigenvalue weighted by atomic mass is 32.2. The van der Waals surface area contributed by atoms with Crippen molar-refractivity contribution in [2.45, 2.75) is 19.9 Å². The van der Waals surface area contributed by atoms with E-state index < -0.39 is 0 Å². The summed E-state index contributed by atoms with van der Waals surface area (Å²) in [6.07, 6.45) is 5.10. The molecule has 0 amide bonds. The number of hydrogen-bond donors (Lipinski definition) is 1. The number of aromatic nitrogens is 2. The first-order chi connectivity index (χ1) is 8.40. The Kier molecular flexibility index (Phi) is 5.07. The van der Waals surface area contributed by atoms with E-state index >= 15 is 0 Å². The average molecular weight is 252 g/mol. The Morgan fingerprint density at radius 2 is 2.12 bits per heavy atom. The van der Waals surface area contributed by atoms with E-state index in [9.17, 15) is 0 Å². The van der Waals surface area contributed by atoms with Gasteiger partial charge in [-0.1, -0.05) is 6.92 Å². The van der Waals surface area contributed by atoms with Crippen molar-refractivity contribution in [1.29, 1.82) is 0 Å². The van der Waals surface area contributed by atoms with E-state index in [1.807, 2.05) is 24.2 Å². The smallest absolute Gasteiger partial charge is 0.225 e. The summed E-state index contributed by atoms with van der Waals surface area (Å²) < 4.78 is 0. The summed E-state index contributed by atoms with van der Waals surface area (Å²) >= 11 is 2.02. The van der Waals surface area contributed by atoms with Gasteiger partial charge in [-0.3, -0.25) is 0 Å².